The molecule has 1 aliphatic heterocycles. The van der Waals surface area contributed by atoms with Crippen LogP contribution in [-0.4, -0.2) is 28.8 Å². The van der Waals surface area contributed by atoms with E-state index in [1.165, 1.54) is 0 Å². The second-order valence-corrected chi connectivity index (χ2v) is 10.1. The lowest BCUT2D eigenvalue weighted by Gasteiger charge is -2.51. The van der Waals surface area contributed by atoms with E-state index in [1.54, 1.807) is 6.92 Å². The smallest absolute Gasteiger partial charge is 0.330 e. The number of urea groups is 1. The first-order valence-electron chi connectivity index (χ1n) is 12.2. The molecule has 7 heteroatoms. The Labute approximate surface area is 217 Å². The first-order chi connectivity index (χ1) is 17.3. The first-order valence-corrected chi connectivity index (χ1v) is 12.6. The number of imide groups is 1. The van der Waals surface area contributed by atoms with Gasteiger partial charge in [-0.15, -0.1) is 0 Å². The lowest BCUT2D eigenvalue weighted by molar-refractivity contribution is -0.181. The van der Waals surface area contributed by atoms with Gasteiger partial charge in [0.2, 0.25) is 5.91 Å². The molecule has 3 amide bonds. The summed E-state index contributed by atoms with van der Waals surface area (Å²) in [7, 11) is 0. The normalized spacial score (nSPS) is 23.9. The second kappa shape index (κ2) is 11.1. The summed E-state index contributed by atoms with van der Waals surface area (Å²) in [5, 5.41) is 3.56. The monoisotopic (exact) mass is 506 g/mol. The van der Waals surface area contributed by atoms with E-state index in [2.05, 4.69) is 5.32 Å². The third kappa shape index (κ3) is 5.54. The largest absolute Gasteiger partial charge is 0.459 e. The number of hydrogen-bond acceptors (Lipinski definition) is 4. The minimum Gasteiger partial charge on any atom is -0.459 e. The van der Waals surface area contributed by atoms with E-state index in [-0.39, 0.29) is 24.5 Å². The topological polar surface area (TPSA) is 75.7 Å². The van der Waals surface area contributed by atoms with E-state index in [0.717, 1.165) is 22.4 Å². The predicted molar refractivity (Wildman–Crippen MR) is 139 cm³/mol. The molecule has 4 unspecified atom stereocenters. The van der Waals surface area contributed by atoms with E-state index in [1.807, 2.05) is 85.8 Å². The predicted octanol–water partition coefficient (Wildman–Crippen LogP) is 5.90. The summed E-state index contributed by atoms with van der Waals surface area (Å²) in [4.78, 5) is 40.9. The van der Waals surface area contributed by atoms with E-state index >= 15 is 0 Å². The van der Waals surface area contributed by atoms with Gasteiger partial charge < -0.3 is 10.1 Å². The van der Waals surface area contributed by atoms with Crippen LogP contribution in [0.3, 0.4) is 0 Å². The summed E-state index contributed by atoms with van der Waals surface area (Å²) in [6.45, 7) is 3.67. The number of β-lactam (4-membered cyclic amide) rings is 1. The van der Waals surface area contributed by atoms with Crippen LogP contribution in [0.25, 0.3) is 0 Å². The average Bonchev–Trinajstić information content (AvgIpc) is 2.90. The van der Waals surface area contributed by atoms with E-state index in [0.29, 0.717) is 17.9 Å². The number of hydrogen-bond donors (Lipinski definition) is 1. The fourth-order valence-corrected chi connectivity index (χ4v) is 4.93. The number of amides is 3. The number of likely N-dealkylation sites (tertiary alicyclic amines) is 1. The summed E-state index contributed by atoms with van der Waals surface area (Å²) in [6.07, 6.45) is 7.77. The highest BCUT2D eigenvalue weighted by Gasteiger charge is 2.63. The minimum absolute atomic E-state index is 0.0744. The van der Waals surface area contributed by atoms with Gasteiger partial charge >= 0.3 is 12.0 Å². The van der Waals surface area contributed by atoms with Crippen molar-refractivity contribution >= 4 is 29.5 Å². The molecule has 36 heavy (non-hydrogen) atoms. The molecule has 4 rings (SSSR count). The quantitative estimate of drug-likeness (QED) is 0.357. The Hall–Kier alpha value is -3.38. The summed E-state index contributed by atoms with van der Waals surface area (Å²) in [5.41, 5.74) is 0.711. The molecule has 1 aliphatic carbocycles. The van der Waals surface area contributed by atoms with Crippen molar-refractivity contribution in [1.82, 2.24) is 10.2 Å². The van der Waals surface area contributed by atoms with Crippen LogP contribution in [0.5, 0.6) is 0 Å². The highest BCUT2D eigenvalue weighted by molar-refractivity contribution is 6.31. The Morgan fingerprint density at radius 2 is 1.81 bits per heavy atom. The van der Waals surface area contributed by atoms with Gasteiger partial charge in [0.05, 0.1) is 11.5 Å². The average molecular weight is 507 g/mol. The number of nitrogens with zero attached hydrogens (tertiary/aromatic N) is 1. The Kier molecular flexibility index (Phi) is 7.94. The molecule has 1 N–H and O–H groups in total. The van der Waals surface area contributed by atoms with Crippen molar-refractivity contribution in [3.05, 3.63) is 95.1 Å². The van der Waals surface area contributed by atoms with Gasteiger partial charge in [0.25, 0.3) is 0 Å². The van der Waals surface area contributed by atoms with Crippen molar-refractivity contribution in [1.29, 1.82) is 0 Å². The van der Waals surface area contributed by atoms with Crippen molar-refractivity contribution in [3.63, 3.8) is 0 Å². The molecule has 0 aromatic heterocycles. The van der Waals surface area contributed by atoms with Crippen LogP contribution in [-0.2, 0) is 20.9 Å². The third-order valence-electron chi connectivity index (χ3n) is 7.05. The van der Waals surface area contributed by atoms with Crippen LogP contribution in [0.1, 0.15) is 50.3 Å². The number of rotatable bonds is 8. The Morgan fingerprint density at radius 3 is 2.44 bits per heavy atom. The SMILES string of the molecule is CC(NC(=O)N1C(=O)C(C)(CCC2C=CC(Cl)=CC2)C1C(=O)OCc1ccccc1)c1ccccc1. The van der Waals surface area contributed by atoms with Crippen LogP contribution in [0.4, 0.5) is 4.79 Å². The highest BCUT2D eigenvalue weighted by Crippen LogP contribution is 2.45. The van der Waals surface area contributed by atoms with Gasteiger partial charge in [0.15, 0.2) is 6.04 Å². The van der Waals surface area contributed by atoms with Gasteiger partial charge in [-0.2, -0.15) is 0 Å². The number of allylic oxidation sites excluding steroid dienone is 4. The Balaban J connectivity index is 1.48. The number of ether oxygens (including phenoxy) is 1. The van der Waals surface area contributed by atoms with Crippen LogP contribution < -0.4 is 5.32 Å². The molecular formula is C29H31ClN2O4. The Morgan fingerprint density at radius 1 is 1.14 bits per heavy atom. The maximum atomic E-state index is 13.4. The van der Waals surface area contributed by atoms with Crippen molar-refractivity contribution < 1.29 is 19.1 Å². The lowest BCUT2D eigenvalue weighted by Crippen LogP contribution is -2.73. The first kappa shape index (κ1) is 25.7. The summed E-state index contributed by atoms with van der Waals surface area (Å²) >= 11 is 6.03. The van der Waals surface area contributed by atoms with Gasteiger partial charge in [-0.1, -0.05) is 84.4 Å². The van der Waals surface area contributed by atoms with E-state index < -0.39 is 23.5 Å². The van der Waals surface area contributed by atoms with Crippen LogP contribution in [0, 0.1) is 11.3 Å². The molecule has 0 bridgehead atoms. The molecule has 6 nitrogen and oxygen atoms in total. The molecule has 1 heterocycles. The molecule has 0 saturated carbocycles. The van der Waals surface area contributed by atoms with Crippen LogP contribution in [0.2, 0.25) is 0 Å². The Bertz CT molecular complexity index is 1160. The number of carbonyl (C=O) groups is 3. The van der Waals surface area contributed by atoms with E-state index in [9.17, 15) is 14.4 Å². The molecule has 2 aliphatic rings. The lowest BCUT2D eigenvalue weighted by atomic mass is 9.68. The van der Waals surface area contributed by atoms with Crippen molar-refractivity contribution in [2.24, 2.45) is 11.3 Å². The molecule has 0 radical (unpaired) electrons. The number of halogens is 1. The number of nitrogens with one attached hydrogen (secondary N) is 1. The van der Waals surface area contributed by atoms with E-state index in [4.69, 9.17) is 16.3 Å². The molecule has 2 aromatic rings. The van der Waals surface area contributed by atoms with Gasteiger partial charge in [-0.05, 0) is 56.2 Å². The number of esters is 1. The molecule has 1 fully saturated rings. The highest BCUT2D eigenvalue weighted by atomic mass is 35.5. The van der Waals surface area contributed by atoms with Gasteiger partial charge in [-0.3, -0.25) is 4.79 Å². The maximum absolute atomic E-state index is 13.4. The summed E-state index contributed by atoms with van der Waals surface area (Å²) < 4.78 is 5.60. The number of carbonyl (C=O) groups excluding carboxylic acids is 3. The zero-order chi connectivity index (χ0) is 25.7. The molecule has 2 aromatic carbocycles. The molecule has 1 saturated heterocycles. The van der Waals surface area contributed by atoms with Crippen LogP contribution >= 0.6 is 11.6 Å². The zero-order valence-corrected chi connectivity index (χ0v) is 21.3. The van der Waals surface area contributed by atoms with Crippen molar-refractivity contribution in [2.45, 2.75) is 51.8 Å². The molecule has 188 valence electrons. The van der Waals surface area contributed by atoms with Crippen molar-refractivity contribution in [3.8, 4) is 0 Å². The third-order valence-corrected chi connectivity index (χ3v) is 7.33. The van der Waals surface area contributed by atoms with Gasteiger partial charge in [0, 0.05) is 5.03 Å². The second-order valence-electron chi connectivity index (χ2n) is 9.65. The number of benzene rings is 2. The fourth-order valence-electron chi connectivity index (χ4n) is 4.77. The zero-order valence-electron chi connectivity index (χ0n) is 20.5. The molecular weight excluding hydrogens is 476 g/mol. The van der Waals surface area contributed by atoms with Crippen molar-refractivity contribution in [2.75, 3.05) is 0 Å². The molecule has 0 spiro atoms. The summed E-state index contributed by atoms with van der Waals surface area (Å²) in [5.74, 6) is -0.722. The minimum atomic E-state index is -1.03. The van der Waals surface area contributed by atoms with Gasteiger partial charge in [-0.25, -0.2) is 14.5 Å². The summed E-state index contributed by atoms with van der Waals surface area (Å²) in [6, 6.07) is 16.9. The molecule has 4 atom stereocenters. The van der Waals surface area contributed by atoms with Crippen LogP contribution in [0.15, 0.2) is 83.9 Å². The fraction of sp³-hybridized carbons (Fsp3) is 0.345. The van der Waals surface area contributed by atoms with Gasteiger partial charge in [0.1, 0.15) is 6.61 Å². The maximum Gasteiger partial charge on any atom is 0.330 e. The standard InChI is InChI=1S/C29H31ClN2O4/c1-20(23-11-7-4-8-12-23)31-28(35)32-25(26(33)36-19-22-9-5-3-6-10-22)29(2,27(32)34)18-17-21-13-15-24(30)16-14-21/h3-13,15-16,20-21,25H,14,17-19H2,1-2H3,(H,31,35).